The third-order valence-electron chi connectivity index (χ3n) is 5.30. The van der Waals surface area contributed by atoms with Gasteiger partial charge < -0.3 is 25.9 Å². The second kappa shape index (κ2) is 11.3. The molecule has 2 aromatic heterocycles. The van der Waals surface area contributed by atoms with E-state index in [2.05, 4.69) is 20.6 Å². The quantitative estimate of drug-likeness (QED) is 0.237. The van der Waals surface area contributed by atoms with Crippen LogP contribution in [0.4, 0.5) is 10.8 Å². The molecule has 0 aliphatic rings. The average Bonchev–Trinajstić information content (AvgIpc) is 3.31. The second-order valence-corrected chi connectivity index (χ2v) is 8.64. The molecule has 2 heterocycles. The topological polar surface area (TPSA) is 120 Å². The van der Waals surface area contributed by atoms with Crippen LogP contribution in [-0.4, -0.2) is 33.8 Å². The molecular weight excluding hydrogens is 462 g/mol. The van der Waals surface area contributed by atoms with Crippen molar-refractivity contribution >= 4 is 33.8 Å². The Bertz CT molecular complexity index is 1290. The highest BCUT2D eigenvalue weighted by Crippen LogP contribution is 2.28. The smallest absolute Gasteiger partial charge is 0.226 e. The van der Waals surface area contributed by atoms with Gasteiger partial charge in [0.15, 0.2) is 5.13 Å². The number of carbonyl (C=O) groups is 1. The molecule has 9 heteroatoms. The van der Waals surface area contributed by atoms with Crippen LogP contribution in [-0.2, 0) is 11.2 Å². The number of hydrogen-bond donors (Lipinski definition) is 4. The fourth-order valence-electron chi connectivity index (χ4n) is 3.54. The van der Waals surface area contributed by atoms with Crippen LogP contribution in [0.15, 0.2) is 78.4 Å². The number of para-hydroxylation sites is 1. The molecule has 2 aromatic carbocycles. The Morgan fingerprint density at radius 2 is 1.94 bits per heavy atom. The lowest BCUT2D eigenvalue weighted by Gasteiger charge is -2.20. The molecule has 1 unspecified atom stereocenters. The molecule has 0 fully saturated rings. The maximum Gasteiger partial charge on any atom is 0.226 e. The van der Waals surface area contributed by atoms with Gasteiger partial charge in [-0.2, -0.15) is 0 Å². The molecule has 4 N–H and O–H groups in total. The van der Waals surface area contributed by atoms with E-state index in [0.29, 0.717) is 27.7 Å². The minimum absolute atomic E-state index is 0.0661. The third kappa shape index (κ3) is 6.42. The van der Waals surface area contributed by atoms with Gasteiger partial charge in [0.05, 0.1) is 25.3 Å². The van der Waals surface area contributed by atoms with Crippen molar-refractivity contribution in [2.45, 2.75) is 18.9 Å². The van der Waals surface area contributed by atoms with Crippen molar-refractivity contribution in [3.63, 3.8) is 0 Å². The van der Waals surface area contributed by atoms with Crippen LogP contribution in [0.25, 0.3) is 0 Å². The fraction of sp³-hybridized carbons (Fsp3) is 0.154. The summed E-state index contributed by atoms with van der Waals surface area (Å²) in [6.07, 6.45) is 3.53. The minimum atomic E-state index is -0.577. The van der Waals surface area contributed by atoms with Gasteiger partial charge in [0.25, 0.3) is 0 Å². The van der Waals surface area contributed by atoms with Crippen LogP contribution in [0, 0.1) is 5.41 Å². The first-order chi connectivity index (χ1) is 17.0. The van der Waals surface area contributed by atoms with Gasteiger partial charge in [-0.25, -0.2) is 4.98 Å². The molecule has 0 radical (unpaired) electrons. The van der Waals surface area contributed by atoms with Crippen LogP contribution < -0.4 is 15.4 Å². The van der Waals surface area contributed by atoms with E-state index < -0.39 is 6.04 Å². The fourth-order valence-corrected chi connectivity index (χ4v) is 4.27. The monoisotopic (exact) mass is 487 g/mol. The SMILES string of the molecule is COc1ccc(Nc2nc(CC(=O)NC(CC(=N)c3cccnc3)c3ccccc3O)cs2)cc1. The van der Waals surface area contributed by atoms with Crippen molar-refractivity contribution in [2.24, 2.45) is 0 Å². The van der Waals surface area contributed by atoms with E-state index in [4.69, 9.17) is 10.1 Å². The second-order valence-electron chi connectivity index (χ2n) is 7.78. The van der Waals surface area contributed by atoms with E-state index in [1.807, 2.05) is 29.6 Å². The van der Waals surface area contributed by atoms with Crippen molar-refractivity contribution < 1.29 is 14.6 Å². The molecule has 0 bridgehead atoms. The van der Waals surface area contributed by atoms with Gasteiger partial charge in [-0.15, -0.1) is 11.3 Å². The molecule has 0 saturated carbocycles. The highest BCUT2D eigenvalue weighted by atomic mass is 32.1. The Hall–Kier alpha value is -4.24. The number of amides is 1. The lowest BCUT2D eigenvalue weighted by molar-refractivity contribution is -0.121. The summed E-state index contributed by atoms with van der Waals surface area (Å²) in [6.45, 7) is 0. The molecule has 1 atom stereocenters. The lowest BCUT2D eigenvalue weighted by Crippen LogP contribution is -2.31. The van der Waals surface area contributed by atoms with E-state index >= 15 is 0 Å². The molecule has 178 valence electrons. The molecule has 0 spiro atoms. The zero-order valence-corrected chi connectivity index (χ0v) is 19.9. The maximum atomic E-state index is 12.9. The normalized spacial score (nSPS) is 11.5. The van der Waals surface area contributed by atoms with Crippen molar-refractivity contribution in [1.29, 1.82) is 5.41 Å². The first-order valence-corrected chi connectivity index (χ1v) is 11.8. The summed E-state index contributed by atoms with van der Waals surface area (Å²) in [5, 5.41) is 27.6. The van der Waals surface area contributed by atoms with Gasteiger partial charge in [-0.3, -0.25) is 9.78 Å². The number of benzene rings is 2. The number of aromatic hydroxyl groups is 1. The first kappa shape index (κ1) is 23.9. The Balaban J connectivity index is 1.43. The van der Waals surface area contributed by atoms with Gasteiger partial charge >= 0.3 is 0 Å². The number of hydrogen-bond acceptors (Lipinski definition) is 8. The third-order valence-corrected chi connectivity index (χ3v) is 6.11. The molecule has 4 rings (SSSR count). The van der Waals surface area contributed by atoms with Crippen LogP contribution in [0.5, 0.6) is 11.5 Å². The van der Waals surface area contributed by atoms with E-state index in [0.717, 1.165) is 11.4 Å². The number of ether oxygens (including phenoxy) is 1. The highest BCUT2D eigenvalue weighted by molar-refractivity contribution is 7.13. The van der Waals surface area contributed by atoms with E-state index in [1.165, 1.54) is 11.3 Å². The number of methoxy groups -OCH3 is 1. The Labute approximate surface area is 207 Å². The molecule has 0 aliphatic carbocycles. The van der Waals surface area contributed by atoms with Gasteiger partial charge in [0, 0.05) is 46.7 Å². The Morgan fingerprint density at radius 1 is 1.14 bits per heavy atom. The number of thiazole rings is 1. The number of nitrogens with zero attached hydrogens (tertiary/aromatic N) is 2. The standard InChI is InChI=1S/C26H25N5O3S/c1-34-20-10-8-18(9-11-20)29-26-30-19(16-35-26)13-25(33)31-23(21-6-2-3-7-24(21)32)14-22(27)17-5-4-12-28-15-17/h2-12,15-16,23,27,32H,13-14H2,1H3,(H,29,30)(H,31,33). The number of aromatic nitrogens is 2. The zero-order chi connectivity index (χ0) is 24.6. The van der Waals surface area contributed by atoms with Crippen molar-refractivity contribution in [1.82, 2.24) is 15.3 Å². The largest absolute Gasteiger partial charge is 0.508 e. The van der Waals surface area contributed by atoms with Crippen LogP contribution in [0.2, 0.25) is 0 Å². The molecular formula is C26H25N5O3S. The minimum Gasteiger partial charge on any atom is -0.508 e. The van der Waals surface area contributed by atoms with Gasteiger partial charge in [-0.05, 0) is 36.4 Å². The average molecular weight is 488 g/mol. The zero-order valence-electron chi connectivity index (χ0n) is 19.1. The van der Waals surface area contributed by atoms with Crippen molar-refractivity contribution in [2.75, 3.05) is 12.4 Å². The summed E-state index contributed by atoms with van der Waals surface area (Å²) >= 11 is 1.41. The van der Waals surface area contributed by atoms with E-state index in [9.17, 15) is 9.90 Å². The number of nitrogens with one attached hydrogen (secondary N) is 3. The van der Waals surface area contributed by atoms with Crippen molar-refractivity contribution in [3.8, 4) is 11.5 Å². The number of carbonyl (C=O) groups excluding carboxylic acids is 1. The predicted octanol–water partition coefficient (Wildman–Crippen LogP) is 4.85. The van der Waals surface area contributed by atoms with Gasteiger partial charge in [0.1, 0.15) is 11.5 Å². The lowest BCUT2D eigenvalue weighted by atomic mass is 9.97. The number of anilines is 2. The van der Waals surface area contributed by atoms with Gasteiger partial charge in [-0.1, -0.05) is 24.3 Å². The first-order valence-electron chi connectivity index (χ1n) is 10.9. The highest BCUT2D eigenvalue weighted by Gasteiger charge is 2.21. The predicted molar refractivity (Wildman–Crippen MR) is 137 cm³/mol. The number of phenolic OH excluding ortho intramolecular Hbond substituents is 1. The van der Waals surface area contributed by atoms with Crippen LogP contribution >= 0.6 is 11.3 Å². The summed E-state index contributed by atoms with van der Waals surface area (Å²) < 4.78 is 5.17. The summed E-state index contributed by atoms with van der Waals surface area (Å²) in [7, 11) is 1.62. The van der Waals surface area contributed by atoms with E-state index in [-0.39, 0.29) is 24.5 Å². The Kier molecular flexibility index (Phi) is 7.69. The van der Waals surface area contributed by atoms with Crippen LogP contribution in [0.1, 0.15) is 29.3 Å². The molecule has 4 aromatic rings. The van der Waals surface area contributed by atoms with Gasteiger partial charge in [0.2, 0.25) is 5.91 Å². The summed E-state index contributed by atoms with van der Waals surface area (Å²) in [5.74, 6) is 0.581. The molecule has 8 nitrogen and oxygen atoms in total. The summed E-state index contributed by atoms with van der Waals surface area (Å²) in [5.41, 5.74) is 3.02. The Morgan fingerprint density at radius 3 is 2.66 bits per heavy atom. The summed E-state index contributed by atoms with van der Waals surface area (Å²) in [4.78, 5) is 21.5. The molecule has 0 aliphatic heterocycles. The molecule has 0 saturated heterocycles. The summed E-state index contributed by atoms with van der Waals surface area (Å²) in [6, 6.07) is 17.3. The van der Waals surface area contributed by atoms with Crippen molar-refractivity contribution in [3.05, 3.63) is 95.3 Å². The number of phenols is 1. The molecule has 35 heavy (non-hydrogen) atoms. The molecule has 1 amide bonds. The van der Waals surface area contributed by atoms with Crippen LogP contribution in [0.3, 0.4) is 0 Å². The maximum absolute atomic E-state index is 12.9. The van der Waals surface area contributed by atoms with E-state index in [1.54, 1.807) is 55.9 Å². The number of rotatable bonds is 10. The number of pyridine rings is 1.